The van der Waals surface area contributed by atoms with E-state index in [4.69, 9.17) is 5.73 Å². The van der Waals surface area contributed by atoms with Gasteiger partial charge in [-0.05, 0) is 37.5 Å². The predicted molar refractivity (Wildman–Crippen MR) is 53.9 cm³/mol. The van der Waals surface area contributed by atoms with Gasteiger partial charge >= 0.3 is 0 Å². The van der Waals surface area contributed by atoms with Crippen molar-refractivity contribution in [3.63, 3.8) is 0 Å². The molecular weight excluding hydrogens is 146 g/mol. The van der Waals surface area contributed by atoms with Crippen LogP contribution in [-0.4, -0.2) is 5.54 Å². The summed E-state index contributed by atoms with van der Waals surface area (Å²) in [7, 11) is 0. The summed E-state index contributed by atoms with van der Waals surface area (Å²) in [6.07, 6.45) is 5.54. The first-order chi connectivity index (χ1) is 5.37. The van der Waals surface area contributed by atoms with Gasteiger partial charge in [0, 0.05) is 5.54 Å². The van der Waals surface area contributed by atoms with Gasteiger partial charge in [-0.15, -0.1) is 6.58 Å². The third-order valence-corrected chi connectivity index (χ3v) is 2.93. The smallest absolute Gasteiger partial charge is 0.0136 e. The molecular formula is C11H21N. The van der Waals surface area contributed by atoms with E-state index in [1.165, 1.54) is 6.42 Å². The first-order valence-corrected chi connectivity index (χ1v) is 4.79. The highest BCUT2D eigenvalue weighted by atomic mass is 14.7. The molecule has 12 heavy (non-hydrogen) atoms. The van der Waals surface area contributed by atoms with Gasteiger partial charge in [-0.3, -0.25) is 0 Å². The zero-order chi connectivity index (χ0) is 9.41. The summed E-state index contributed by atoms with van der Waals surface area (Å²) in [5, 5.41) is 0. The average molecular weight is 167 g/mol. The van der Waals surface area contributed by atoms with Crippen molar-refractivity contribution in [2.75, 3.05) is 0 Å². The maximum atomic E-state index is 6.17. The lowest BCUT2D eigenvalue weighted by Gasteiger charge is -2.44. The molecule has 1 heteroatoms. The molecule has 0 heterocycles. The number of hydrogen-bond acceptors (Lipinski definition) is 1. The van der Waals surface area contributed by atoms with Crippen LogP contribution in [0.5, 0.6) is 0 Å². The summed E-state index contributed by atoms with van der Waals surface area (Å²) in [5.41, 5.74) is 6.45. The van der Waals surface area contributed by atoms with Crippen molar-refractivity contribution in [2.24, 2.45) is 17.1 Å². The van der Waals surface area contributed by atoms with Crippen molar-refractivity contribution >= 4 is 0 Å². The molecule has 3 atom stereocenters. The first-order valence-electron chi connectivity index (χ1n) is 4.79. The second kappa shape index (κ2) is 2.88. The quantitative estimate of drug-likeness (QED) is 0.597. The Morgan fingerprint density at radius 3 is 2.42 bits per heavy atom. The highest BCUT2D eigenvalue weighted by Gasteiger charge is 2.37. The van der Waals surface area contributed by atoms with Crippen molar-refractivity contribution in [1.82, 2.24) is 0 Å². The van der Waals surface area contributed by atoms with Crippen LogP contribution in [0.4, 0.5) is 0 Å². The van der Waals surface area contributed by atoms with E-state index < -0.39 is 0 Å². The van der Waals surface area contributed by atoms with Gasteiger partial charge < -0.3 is 5.73 Å². The monoisotopic (exact) mass is 167 g/mol. The minimum absolute atomic E-state index is 0.0145. The lowest BCUT2D eigenvalue weighted by atomic mass is 9.64. The Hall–Kier alpha value is -0.300. The molecule has 0 aromatic rings. The zero-order valence-corrected chi connectivity index (χ0v) is 8.56. The van der Waals surface area contributed by atoms with E-state index in [-0.39, 0.29) is 11.0 Å². The molecule has 0 saturated heterocycles. The lowest BCUT2D eigenvalue weighted by molar-refractivity contribution is 0.144. The Bertz CT molecular complexity index is 183. The van der Waals surface area contributed by atoms with Gasteiger partial charge in [0.25, 0.3) is 0 Å². The predicted octanol–water partition coefficient (Wildman–Crippen LogP) is 2.72. The number of nitrogens with two attached hydrogens (primary N) is 1. The Labute approximate surface area is 76.0 Å². The third-order valence-electron chi connectivity index (χ3n) is 2.93. The largest absolute Gasteiger partial charge is 0.325 e. The topological polar surface area (TPSA) is 26.0 Å². The highest BCUT2D eigenvalue weighted by molar-refractivity contribution is 5.02. The van der Waals surface area contributed by atoms with E-state index >= 15 is 0 Å². The van der Waals surface area contributed by atoms with Crippen LogP contribution in [0.3, 0.4) is 0 Å². The van der Waals surface area contributed by atoms with Gasteiger partial charge in [-0.2, -0.15) is 0 Å². The van der Waals surface area contributed by atoms with Crippen molar-refractivity contribution in [3.05, 3.63) is 12.7 Å². The van der Waals surface area contributed by atoms with E-state index in [9.17, 15) is 0 Å². The van der Waals surface area contributed by atoms with Gasteiger partial charge in [-0.25, -0.2) is 0 Å². The van der Waals surface area contributed by atoms with Crippen LogP contribution in [0.2, 0.25) is 0 Å². The van der Waals surface area contributed by atoms with Gasteiger partial charge in [0.1, 0.15) is 0 Å². The standard InChI is InChI=1S/C11H21N/c1-5-10(3)6-9(2)7-11(4,12)8-10/h5,9H,1,6-8,12H2,2-4H3/t9-,10-,11-/m1/s1. The Balaban J connectivity index is 2.76. The second-order valence-corrected chi connectivity index (χ2v) is 5.20. The minimum atomic E-state index is 0.0145. The van der Waals surface area contributed by atoms with Crippen LogP contribution in [0, 0.1) is 11.3 Å². The van der Waals surface area contributed by atoms with E-state index in [1.54, 1.807) is 0 Å². The summed E-state index contributed by atoms with van der Waals surface area (Å²) in [5.74, 6) is 0.733. The number of allylic oxidation sites excluding steroid dienone is 1. The van der Waals surface area contributed by atoms with Crippen molar-refractivity contribution < 1.29 is 0 Å². The van der Waals surface area contributed by atoms with Gasteiger partial charge in [0.15, 0.2) is 0 Å². The molecule has 70 valence electrons. The molecule has 2 N–H and O–H groups in total. The van der Waals surface area contributed by atoms with E-state index in [1.807, 2.05) is 0 Å². The fourth-order valence-electron chi connectivity index (χ4n) is 2.89. The van der Waals surface area contributed by atoms with Crippen molar-refractivity contribution in [3.8, 4) is 0 Å². The first kappa shape index (κ1) is 9.79. The second-order valence-electron chi connectivity index (χ2n) is 5.20. The molecule has 0 aromatic heterocycles. The Morgan fingerprint density at radius 2 is 2.00 bits per heavy atom. The maximum absolute atomic E-state index is 6.17. The molecule has 0 aromatic carbocycles. The molecule has 1 aliphatic carbocycles. The van der Waals surface area contributed by atoms with Crippen molar-refractivity contribution in [2.45, 2.75) is 45.6 Å². The average Bonchev–Trinajstić information content (AvgIpc) is 1.82. The van der Waals surface area contributed by atoms with Crippen molar-refractivity contribution in [1.29, 1.82) is 0 Å². The molecule has 1 nitrogen and oxygen atoms in total. The molecule has 0 aliphatic heterocycles. The van der Waals surface area contributed by atoms with Crippen LogP contribution >= 0.6 is 0 Å². The van der Waals surface area contributed by atoms with Crippen LogP contribution in [0.25, 0.3) is 0 Å². The Morgan fingerprint density at radius 1 is 1.42 bits per heavy atom. The molecule has 0 amide bonds. The SMILES string of the molecule is C=C[C@]1(C)C[C@@H](C)C[C@@](C)(N)C1. The fraction of sp³-hybridized carbons (Fsp3) is 0.818. The summed E-state index contributed by atoms with van der Waals surface area (Å²) >= 11 is 0. The van der Waals surface area contributed by atoms with Gasteiger partial charge in [-0.1, -0.05) is 19.9 Å². The van der Waals surface area contributed by atoms with Crippen LogP contribution in [-0.2, 0) is 0 Å². The summed E-state index contributed by atoms with van der Waals surface area (Å²) < 4.78 is 0. The fourth-order valence-corrected chi connectivity index (χ4v) is 2.89. The zero-order valence-electron chi connectivity index (χ0n) is 8.56. The number of rotatable bonds is 1. The van der Waals surface area contributed by atoms with E-state index in [2.05, 4.69) is 33.4 Å². The molecule has 0 radical (unpaired) electrons. The molecule has 0 bridgehead atoms. The maximum Gasteiger partial charge on any atom is 0.0136 e. The van der Waals surface area contributed by atoms with Gasteiger partial charge in [0.2, 0.25) is 0 Å². The number of hydrogen-bond donors (Lipinski definition) is 1. The summed E-state index contributed by atoms with van der Waals surface area (Å²) in [6, 6.07) is 0. The molecule has 0 spiro atoms. The molecule has 1 fully saturated rings. The normalized spacial score (nSPS) is 48.8. The molecule has 1 rings (SSSR count). The molecule has 0 unspecified atom stereocenters. The highest BCUT2D eigenvalue weighted by Crippen LogP contribution is 2.43. The third kappa shape index (κ3) is 2.10. The van der Waals surface area contributed by atoms with Crippen LogP contribution in [0.1, 0.15) is 40.0 Å². The Kier molecular flexibility index (Phi) is 2.35. The van der Waals surface area contributed by atoms with Crippen LogP contribution < -0.4 is 5.73 Å². The summed E-state index contributed by atoms with van der Waals surface area (Å²) in [4.78, 5) is 0. The van der Waals surface area contributed by atoms with Crippen LogP contribution in [0.15, 0.2) is 12.7 Å². The van der Waals surface area contributed by atoms with E-state index in [0.29, 0.717) is 0 Å². The summed E-state index contributed by atoms with van der Waals surface area (Å²) in [6.45, 7) is 10.6. The molecule has 1 saturated carbocycles. The van der Waals surface area contributed by atoms with Gasteiger partial charge in [0.05, 0.1) is 0 Å². The lowest BCUT2D eigenvalue weighted by Crippen LogP contribution is -2.46. The van der Waals surface area contributed by atoms with E-state index in [0.717, 1.165) is 18.8 Å². The minimum Gasteiger partial charge on any atom is -0.325 e. The molecule has 1 aliphatic rings.